The Kier molecular flexibility index (Phi) is 15.2. The first-order valence-corrected chi connectivity index (χ1v) is 12.8. The first-order valence-electron chi connectivity index (χ1n) is 12.8. The van der Waals surface area contributed by atoms with Crippen molar-refractivity contribution in [3.8, 4) is 11.5 Å². The Labute approximate surface area is 272 Å². The number of benzene rings is 2. The monoisotopic (exact) mass is 744 g/mol. The lowest BCUT2D eigenvalue weighted by molar-refractivity contribution is -0.125. The number of carbonyl (C=O) groups is 6. The van der Waals surface area contributed by atoms with Crippen molar-refractivity contribution >= 4 is 80.5 Å². The second-order valence-corrected chi connectivity index (χ2v) is 8.94. The first kappa shape index (κ1) is 37.8. The van der Waals surface area contributed by atoms with Gasteiger partial charge in [-0.15, -0.1) is 34.0 Å². The Hall–Kier alpha value is -4.26. The van der Waals surface area contributed by atoms with Crippen molar-refractivity contribution in [2.24, 2.45) is 11.5 Å². The van der Waals surface area contributed by atoms with Crippen LogP contribution in [0, 0.1) is 0 Å². The Balaban J connectivity index is 0.00000484. The van der Waals surface area contributed by atoms with Crippen LogP contribution in [-0.2, 0) is 19.2 Å². The van der Waals surface area contributed by atoms with Crippen LogP contribution in [0.25, 0.3) is 0 Å². The van der Waals surface area contributed by atoms with Gasteiger partial charge in [-0.05, 0) is 24.3 Å². The van der Waals surface area contributed by atoms with E-state index in [1.165, 1.54) is 12.1 Å². The quantitative estimate of drug-likeness (QED) is 0.0650. The molecule has 0 atom stereocenters. The SMILES string of the molecule is Br.Br.NCC(=O)NCC(=O)NCCNc1ccc(NCCNC(=O)CNC(=O)CN)c2c1C(=O)c1c(O)ccc(O)c1C2=O. The highest BCUT2D eigenvalue weighted by Crippen LogP contribution is 2.42. The number of ketones is 2. The van der Waals surface area contributed by atoms with Gasteiger partial charge < -0.3 is 53.6 Å². The van der Waals surface area contributed by atoms with Gasteiger partial charge in [0.25, 0.3) is 0 Å². The number of rotatable bonds is 14. The van der Waals surface area contributed by atoms with Gasteiger partial charge >= 0.3 is 0 Å². The summed E-state index contributed by atoms with van der Waals surface area (Å²) in [5.74, 6) is -4.28. The van der Waals surface area contributed by atoms with Gasteiger partial charge in [0, 0.05) is 37.6 Å². The molecule has 0 spiro atoms. The molecular weight excluding hydrogens is 712 g/mol. The molecular formula is C26H34Br2N8O8. The minimum Gasteiger partial charge on any atom is -0.507 e. The number of hydrogen-bond donors (Lipinski definition) is 10. The van der Waals surface area contributed by atoms with E-state index < -0.39 is 46.7 Å². The maximum atomic E-state index is 13.6. The van der Waals surface area contributed by atoms with Crippen molar-refractivity contribution in [3.63, 3.8) is 0 Å². The van der Waals surface area contributed by atoms with Crippen molar-refractivity contribution in [2.75, 3.05) is 63.0 Å². The van der Waals surface area contributed by atoms with Gasteiger partial charge in [0.05, 0.1) is 48.4 Å². The molecule has 0 saturated heterocycles. The normalized spacial score (nSPS) is 11.0. The lowest BCUT2D eigenvalue weighted by Gasteiger charge is -2.25. The third kappa shape index (κ3) is 9.37. The number of nitrogens with one attached hydrogen (secondary N) is 6. The van der Waals surface area contributed by atoms with Crippen LogP contribution in [0.3, 0.4) is 0 Å². The van der Waals surface area contributed by atoms with Gasteiger partial charge in [-0.3, -0.25) is 28.8 Å². The zero-order valence-electron chi connectivity index (χ0n) is 23.3. The molecule has 4 amide bonds. The summed E-state index contributed by atoms with van der Waals surface area (Å²) in [6.07, 6.45) is 0. The lowest BCUT2D eigenvalue weighted by Crippen LogP contribution is -2.40. The predicted molar refractivity (Wildman–Crippen MR) is 171 cm³/mol. The van der Waals surface area contributed by atoms with Gasteiger partial charge in [0.1, 0.15) is 11.5 Å². The van der Waals surface area contributed by atoms with E-state index in [4.69, 9.17) is 11.5 Å². The molecule has 0 bridgehead atoms. The van der Waals surface area contributed by atoms with E-state index >= 15 is 0 Å². The molecule has 1 aliphatic rings. The number of amides is 4. The van der Waals surface area contributed by atoms with Gasteiger partial charge in [-0.25, -0.2) is 0 Å². The van der Waals surface area contributed by atoms with Crippen LogP contribution >= 0.6 is 34.0 Å². The molecule has 0 heterocycles. The fourth-order valence-electron chi connectivity index (χ4n) is 4.08. The number of anilines is 2. The smallest absolute Gasteiger partial charge is 0.239 e. The average molecular weight is 746 g/mol. The number of halogens is 2. The van der Waals surface area contributed by atoms with E-state index in [-0.39, 0.29) is 120 Å². The molecule has 0 aliphatic heterocycles. The number of phenols is 2. The van der Waals surface area contributed by atoms with Crippen LogP contribution in [-0.4, -0.2) is 97.8 Å². The molecule has 3 rings (SSSR count). The highest BCUT2D eigenvalue weighted by molar-refractivity contribution is 8.93. The highest BCUT2D eigenvalue weighted by atomic mass is 79.9. The Bertz CT molecular complexity index is 1320. The summed E-state index contributed by atoms with van der Waals surface area (Å²) in [7, 11) is 0. The molecule has 16 nitrogen and oxygen atoms in total. The van der Waals surface area contributed by atoms with Crippen molar-refractivity contribution < 1.29 is 39.0 Å². The zero-order chi connectivity index (χ0) is 30.8. The molecule has 0 fully saturated rings. The molecule has 240 valence electrons. The summed E-state index contributed by atoms with van der Waals surface area (Å²) in [5.41, 5.74) is 10.0. The van der Waals surface area contributed by atoms with Crippen LogP contribution in [0.1, 0.15) is 31.8 Å². The van der Waals surface area contributed by atoms with E-state index in [2.05, 4.69) is 31.9 Å². The summed E-state index contributed by atoms with van der Waals surface area (Å²) in [4.78, 5) is 73.3. The molecule has 0 saturated carbocycles. The minimum absolute atomic E-state index is 0. The second kappa shape index (κ2) is 17.8. The van der Waals surface area contributed by atoms with Crippen molar-refractivity contribution in [1.29, 1.82) is 0 Å². The van der Waals surface area contributed by atoms with Crippen LogP contribution in [0.5, 0.6) is 11.5 Å². The van der Waals surface area contributed by atoms with E-state index in [1.807, 2.05) is 0 Å². The third-order valence-electron chi connectivity index (χ3n) is 6.06. The van der Waals surface area contributed by atoms with E-state index in [1.54, 1.807) is 0 Å². The molecule has 12 N–H and O–H groups in total. The minimum atomic E-state index is -0.711. The summed E-state index contributed by atoms with van der Waals surface area (Å²) in [6, 6.07) is 5.27. The zero-order valence-corrected chi connectivity index (χ0v) is 26.7. The van der Waals surface area contributed by atoms with Crippen LogP contribution in [0.15, 0.2) is 24.3 Å². The number of carbonyl (C=O) groups excluding carboxylic acids is 6. The van der Waals surface area contributed by atoms with Gasteiger partial charge in [0.2, 0.25) is 35.2 Å². The van der Waals surface area contributed by atoms with Crippen LogP contribution < -0.4 is 43.4 Å². The van der Waals surface area contributed by atoms with E-state index in [0.717, 1.165) is 12.1 Å². The third-order valence-corrected chi connectivity index (χ3v) is 6.06. The molecule has 0 aromatic heterocycles. The molecule has 2 aromatic carbocycles. The largest absolute Gasteiger partial charge is 0.507 e. The fraction of sp³-hybridized carbons (Fsp3) is 0.308. The number of aromatic hydroxyl groups is 2. The standard InChI is InChI=1S/C26H32N8O8.2BrH/c27-9-17(37)33-11-19(39)31-7-5-29-13-1-2-14(30-6-8-32-20(40)12-34-18(38)10-28)22-21(13)25(41)23-15(35)3-4-16(36)24(23)26(22)42;;/h1-4,29-30,35-36H,5-12,27-28H2,(H,31,39)(H,32,40)(H,33,37)(H,34,38);2*1H. The first-order chi connectivity index (χ1) is 20.1. The lowest BCUT2D eigenvalue weighted by atomic mass is 9.81. The molecule has 2 aromatic rings. The maximum Gasteiger partial charge on any atom is 0.239 e. The summed E-state index contributed by atoms with van der Waals surface area (Å²) in [5, 5.41) is 36.6. The molecule has 1 aliphatic carbocycles. The molecule has 0 unspecified atom stereocenters. The number of nitrogens with two attached hydrogens (primary N) is 2. The Morgan fingerprint density at radius 2 is 0.909 bits per heavy atom. The topological polar surface area (TPSA) is 267 Å². The number of phenolic OH excluding ortho intramolecular Hbond substituents is 2. The Morgan fingerprint density at radius 3 is 1.25 bits per heavy atom. The molecule has 44 heavy (non-hydrogen) atoms. The summed E-state index contributed by atoms with van der Waals surface area (Å²) < 4.78 is 0. The van der Waals surface area contributed by atoms with Crippen molar-refractivity contribution in [2.45, 2.75) is 0 Å². The van der Waals surface area contributed by atoms with Crippen molar-refractivity contribution in [1.82, 2.24) is 21.3 Å². The van der Waals surface area contributed by atoms with E-state index in [0.29, 0.717) is 0 Å². The summed E-state index contributed by atoms with van der Waals surface area (Å²) in [6.45, 7) is -0.576. The van der Waals surface area contributed by atoms with Crippen LogP contribution in [0.2, 0.25) is 0 Å². The average Bonchev–Trinajstić information content (AvgIpc) is 2.98. The molecule has 0 radical (unpaired) electrons. The van der Waals surface area contributed by atoms with E-state index in [9.17, 15) is 39.0 Å². The van der Waals surface area contributed by atoms with Crippen LogP contribution in [0.4, 0.5) is 11.4 Å². The Morgan fingerprint density at radius 1 is 0.545 bits per heavy atom. The highest BCUT2D eigenvalue weighted by Gasteiger charge is 2.37. The van der Waals surface area contributed by atoms with Crippen molar-refractivity contribution in [3.05, 3.63) is 46.5 Å². The summed E-state index contributed by atoms with van der Waals surface area (Å²) >= 11 is 0. The van der Waals surface area contributed by atoms with Gasteiger partial charge in [0.15, 0.2) is 0 Å². The second-order valence-electron chi connectivity index (χ2n) is 8.94. The number of hydrogen-bond acceptors (Lipinski definition) is 12. The predicted octanol–water partition coefficient (Wildman–Crippen LogP) is -1.76. The molecule has 18 heteroatoms. The number of fused-ring (bicyclic) bond motifs is 2. The maximum absolute atomic E-state index is 13.6. The fourth-order valence-corrected chi connectivity index (χ4v) is 4.08. The van der Waals surface area contributed by atoms with Gasteiger partial charge in [-0.1, -0.05) is 0 Å². The van der Waals surface area contributed by atoms with Gasteiger partial charge in [-0.2, -0.15) is 0 Å².